The van der Waals surface area contributed by atoms with Crippen molar-refractivity contribution in [2.24, 2.45) is 0 Å². The van der Waals surface area contributed by atoms with Crippen molar-refractivity contribution < 1.29 is 0 Å². The van der Waals surface area contributed by atoms with E-state index in [-0.39, 0.29) is 0 Å². The lowest BCUT2D eigenvalue weighted by Crippen LogP contribution is -2.18. The quantitative estimate of drug-likeness (QED) is 0.468. The zero-order valence-corrected chi connectivity index (χ0v) is 16.7. The highest BCUT2D eigenvalue weighted by Crippen LogP contribution is 2.32. The summed E-state index contributed by atoms with van der Waals surface area (Å²) in [6.07, 6.45) is 13.3. The molecule has 0 saturated heterocycles. The molecule has 6 rings (SSSR count). The van der Waals surface area contributed by atoms with Crippen LogP contribution < -0.4 is 5.32 Å². The van der Waals surface area contributed by atoms with Gasteiger partial charge in [0.25, 0.3) is 0 Å². The number of imidazole rings is 2. The highest BCUT2D eigenvalue weighted by Gasteiger charge is 2.20. The minimum Gasteiger partial charge on any atom is -0.360 e. The van der Waals surface area contributed by atoms with Crippen molar-refractivity contribution in [2.45, 2.75) is 25.3 Å². The maximum atomic E-state index is 5.66. The second-order valence-corrected chi connectivity index (χ2v) is 7.20. The van der Waals surface area contributed by atoms with Gasteiger partial charge in [-0.1, -0.05) is 35.9 Å². The van der Waals surface area contributed by atoms with Crippen LogP contribution in [0.15, 0.2) is 61.7 Å². The van der Waals surface area contributed by atoms with Gasteiger partial charge in [-0.05, 0) is 30.4 Å². The first-order valence-corrected chi connectivity index (χ1v) is 9.96. The monoisotopic (exact) mass is 419 g/mol. The first kappa shape index (κ1) is 18.4. The van der Waals surface area contributed by atoms with E-state index < -0.39 is 0 Å². The fourth-order valence-electron chi connectivity index (χ4n) is 3.65. The van der Waals surface area contributed by atoms with Crippen LogP contribution in [0.3, 0.4) is 0 Å². The third kappa shape index (κ3) is 3.55. The van der Waals surface area contributed by atoms with Gasteiger partial charge in [-0.15, -0.1) is 0 Å². The average molecular weight is 420 g/mol. The Morgan fingerprint density at radius 2 is 1.63 bits per heavy atom. The molecule has 30 heavy (non-hydrogen) atoms. The summed E-state index contributed by atoms with van der Waals surface area (Å²) in [6.45, 7) is 0. The van der Waals surface area contributed by atoms with Crippen molar-refractivity contribution in [3.05, 3.63) is 78.0 Å². The molecule has 5 aromatic rings. The average Bonchev–Trinajstić information content (AvgIpc) is 3.45. The molecule has 4 aromatic heterocycles. The second kappa shape index (κ2) is 8.03. The van der Waals surface area contributed by atoms with Gasteiger partial charge in [-0.25, -0.2) is 29.0 Å². The number of hydrogen-bond donors (Lipinski definition) is 1. The van der Waals surface area contributed by atoms with Crippen molar-refractivity contribution >= 4 is 28.7 Å². The van der Waals surface area contributed by atoms with Crippen LogP contribution in [-0.4, -0.2) is 39.2 Å². The SMILES string of the molecule is Clc1ncnn2ccnc12.c1ccc2c(c1)CCCC2Nc1ncnn2ccnc12. The Bertz CT molecular complexity index is 1300. The standard InChI is InChI=1S/C15H15N5.C5H3ClN4/c1-2-6-12-11(4-1)5-3-7-13(12)19-14-15-16-8-9-20(15)18-10-17-14;6-4-5-7-1-2-10(5)9-3-8-4/h1-2,4,6,8-10,13H,3,5,7H2,(H,17,18,19);1-3H. The van der Waals surface area contributed by atoms with Gasteiger partial charge in [0, 0.05) is 24.8 Å². The molecule has 1 aliphatic carbocycles. The molecule has 1 aliphatic rings. The van der Waals surface area contributed by atoms with E-state index in [1.165, 1.54) is 23.9 Å². The highest BCUT2D eigenvalue weighted by atomic mass is 35.5. The summed E-state index contributed by atoms with van der Waals surface area (Å²) in [4.78, 5) is 16.3. The summed E-state index contributed by atoms with van der Waals surface area (Å²) < 4.78 is 3.30. The number of fused-ring (bicyclic) bond motifs is 3. The van der Waals surface area contributed by atoms with Crippen molar-refractivity contribution in [3.63, 3.8) is 0 Å². The first-order chi connectivity index (χ1) is 14.8. The van der Waals surface area contributed by atoms with Crippen LogP contribution in [0.25, 0.3) is 11.3 Å². The summed E-state index contributed by atoms with van der Waals surface area (Å²) in [5.74, 6) is 0.798. The van der Waals surface area contributed by atoms with E-state index in [0.29, 0.717) is 16.8 Å². The number of aryl methyl sites for hydroxylation is 1. The Balaban J connectivity index is 0.000000161. The van der Waals surface area contributed by atoms with E-state index >= 15 is 0 Å². The first-order valence-electron chi connectivity index (χ1n) is 9.58. The van der Waals surface area contributed by atoms with Crippen molar-refractivity contribution in [1.29, 1.82) is 0 Å². The molecule has 4 heterocycles. The highest BCUT2D eigenvalue weighted by molar-refractivity contribution is 6.32. The third-order valence-electron chi connectivity index (χ3n) is 5.03. The van der Waals surface area contributed by atoms with E-state index in [0.717, 1.165) is 24.3 Å². The van der Waals surface area contributed by atoms with Crippen molar-refractivity contribution in [3.8, 4) is 0 Å². The molecule has 0 radical (unpaired) electrons. The molecule has 0 amide bonds. The molecule has 0 saturated carbocycles. The van der Waals surface area contributed by atoms with Crippen LogP contribution >= 0.6 is 11.6 Å². The molecule has 1 aromatic carbocycles. The number of nitrogens with one attached hydrogen (secondary N) is 1. The Hall–Kier alpha value is -3.59. The molecule has 1 atom stereocenters. The molecular weight excluding hydrogens is 402 g/mol. The summed E-state index contributed by atoms with van der Waals surface area (Å²) in [7, 11) is 0. The minimum absolute atomic E-state index is 0.301. The molecule has 10 heteroatoms. The van der Waals surface area contributed by atoms with E-state index in [2.05, 4.69) is 59.7 Å². The molecule has 150 valence electrons. The summed E-state index contributed by atoms with van der Waals surface area (Å²) >= 11 is 5.66. The summed E-state index contributed by atoms with van der Waals surface area (Å²) in [6, 6.07) is 8.93. The van der Waals surface area contributed by atoms with Crippen molar-refractivity contribution in [2.75, 3.05) is 5.32 Å². The van der Waals surface area contributed by atoms with E-state index in [9.17, 15) is 0 Å². The maximum Gasteiger partial charge on any atom is 0.196 e. The fourth-order valence-corrected chi connectivity index (χ4v) is 3.83. The zero-order valence-electron chi connectivity index (χ0n) is 15.9. The second-order valence-electron chi connectivity index (χ2n) is 6.84. The van der Waals surface area contributed by atoms with E-state index in [4.69, 9.17) is 11.6 Å². The largest absolute Gasteiger partial charge is 0.360 e. The number of anilines is 1. The van der Waals surface area contributed by atoms with Crippen LogP contribution in [0.4, 0.5) is 5.82 Å². The van der Waals surface area contributed by atoms with Gasteiger partial charge in [0.1, 0.15) is 12.7 Å². The van der Waals surface area contributed by atoms with Gasteiger partial charge < -0.3 is 5.32 Å². The third-order valence-corrected chi connectivity index (χ3v) is 5.30. The maximum absolute atomic E-state index is 5.66. The van der Waals surface area contributed by atoms with Crippen LogP contribution in [0.5, 0.6) is 0 Å². The summed E-state index contributed by atoms with van der Waals surface area (Å²) in [5.41, 5.74) is 4.17. The smallest absolute Gasteiger partial charge is 0.196 e. The number of halogens is 1. The van der Waals surface area contributed by atoms with Crippen LogP contribution in [-0.2, 0) is 6.42 Å². The number of aromatic nitrogens is 8. The Kier molecular flexibility index (Phi) is 4.94. The van der Waals surface area contributed by atoms with Gasteiger partial charge in [0.15, 0.2) is 22.3 Å². The number of rotatable bonds is 2. The molecule has 0 bridgehead atoms. The molecule has 9 nitrogen and oxygen atoms in total. The predicted molar refractivity (Wildman–Crippen MR) is 112 cm³/mol. The summed E-state index contributed by atoms with van der Waals surface area (Å²) in [5, 5.41) is 11.9. The van der Waals surface area contributed by atoms with Crippen LogP contribution in [0.2, 0.25) is 5.15 Å². The van der Waals surface area contributed by atoms with Gasteiger partial charge in [-0.3, -0.25) is 0 Å². The van der Waals surface area contributed by atoms with Gasteiger partial charge in [0.05, 0.1) is 6.04 Å². The zero-order chi connectivity index (χ0) is 20.3. The normalized spacial score (nSPS) is 15.4. The Labute approximate surface area is 176 Å². The van der Waals surface area contributed by atoms with Gasteiger partial charge in [-0.2, -0.15) is 10.2 Å². The fraction of sp³-hybridized carbons (Fsp3) is 0.200. The number of benzene rings is 1. The van der Waals surface area contributed by atoms with Gasteiger partial charge in [0.2, 0.25) is 0 Å². The minimum atomic E-state index is 0.301. The Morgan fingerprint density at radius 1 is 0.900 bits per heavy atom. The van der Waals surface area contributed by atoms with Crippen LogP contribution in [0.1, 0.15) is 30.0 Å². The molecular formula is C20H18ClN9. The molecule has 0 aliphatic heterocycles. The lowest BCUT2D eigenvalue weighted by molar-refractivity contribution is 0.598. The molecule has 0 fully saturated rings. The van der Waals surface area contributed by atoms with Gasteiger partial charge >= 0.3 is 0 Å². The molecule has 1 unspecified atom stereocenters. The molecule has 0 spiro atoms. The van der Waals surface area contributed by atoms with E-state index in [1.54, 1.807) is 33.9 Å². The number of nitrogens with zero attached hydrogens (tertiary/aromatic N) is 8. The Morgan fingerprint density at radius 3 is 2.47 bits per heavy atom. The van der Waals surface area contributed by atoms with E-state index in [1.807, 2.05) is 6.20 Å². The molecule has 1 N–H and O–H groups in total. The lowest BCUT2D eigenvalue weighted by atomic mass is 9.88. The topological polar surface area (TPSA) is 98.2 Å². The van der Waals surface area contributed by atoms with Crippen molar-refractivity contribution in [1.82, 2.24) is 39.2 Å². The van der Waals surface area contributed by atoms with Crippen LogP contribution in [0, 0.1) is 0 Å². The lowest BCUT2D eigenvalue weighted by Gasteiger charge is -2.26. The predicted octanol–water partition coefficient (Wildman–Crippen LogP) is 3.39. The number of hydrogen-bond acceptors (Lipinski definition) is 7.